The van der Waals surface area contributed by atoms with E-state index in [1.54, 1.807) is 54.6 Å². The van der Waals surface area contributed by atoms with E-state index in [1.165, 1.54) is 0 Å². The van der Waals surface area contributed by atoms with Crippen LogP contribution in [0.5, 0.6) is 0 Å². The van der Waals surface area contributed by atoms with E-state index in [0.717, 1.165) is 0 Å². The molecule has 2 aromatic carbocycles. The van der Waals surface area contributed by atoms with E-state index in [-0.39, 0.29) is 43.7 Å². The predicted octanol–water partition coefficient (Wildman–Crippen LogP) is -0.389. The number of nitrogen functional groups attached to an aromatic ring is 1. The topological polar surface area (TPSA) is 238 Å². The minimum absolute atomic E-state index is 0.0336. The summed E-state index contributed by atoms with van der Waals surface area (Å²) in [6, 6.07) is 10.3. The number of nitrogens with two attached hydrogens (primary N) is 1. The Labute approximate surface area is 278 Å². The number of nitrogens with one attached hydrogen (secondary N) is 6. The van der Waals surface area contributed by atoms with Crippen LogP contribution in [0, 0.1) is 5.92 Å². The standard InChI is InChI=1S/C33H43N7O8/c1-19(2)15-24-32(47)38-23(13-8-14-35-29(44)21-11-6-7-12-22(21)34)31(46)40-25(16-20-9-4-3-5-10-20)30(45)36-18-27(41)37-26(17-28(42)43)33(48)39-24/h3-7,9-12,19,23-26H,8,13-18,34H2,1-2H3,(H,35,44)(H,36,45)(H,37,41)(H,38,47)(H,39,48)(H,40,46)(H,42,43)/t23-,24-,25-,26-/m0/s1. The largest absolute Gasteiger partial charge is 0.481 e. The molecule has 0 saturated carbocycles. The second-order valence-electron chi connectivity index (χ2n) is 11.9. The van der Waals surface area contributed by atoms with Crippen LogP contribution >= 0.6 is 0 Å². The molecular weight excluding hydrogens is 622 g/mol. The third-order valence-corrected chi connectivity index (χ3v) is 7.50. The van der Waals surface area contributed by atoms with Gasteiger partial charge in [0.05, 0.1) is 18.5 Å². The van der Waals surface area contributed by atoms with Crippen LogP contribution in [0.15, 0.2) is 54.6 Å². The third kappa shape index (κ3) is 11.7. The predicted molar refractivity (Wildman–Crippen MR) is 175 cm³/mol. The number of anilines is 1. The van der Waals surface area contributed by atoms with Crippen molar-refractivity contribution in [1.82, 2.24) is 31.9 Å². The van der Waals surface area contributed by atoms with Gasteiger partial charge in [0, 0.05) is 18.7 Å². The summed E-state index contributed by atoms with van der Waals surface area (Å²) in [5.41, 5.74) is 7.18. The van der Waals surface area contributed by atoms with E-state index in [1.807, 2.05) is 13.8 Å². The molecule has 0 unspecified atom stereocenters. The molecule has 48 heavy (non-hydrogen) atoms. The van der Waals surface area contributed by atoms with Crippen molar-refractivity contribution in [3.05, 3.63) is 65.7 Å². The van der Waals surface area contributed by atoms with Crippen molar-refractivity contribution in [1.29, 1.82) is 0 Å². The molecule has 258 valence electrons. The first-order chi connectivity index (χ1) is 22.8. The molecule has 1 aliphatic heterocycles. The number of benzene rings is 2. The fraction of sp³-hybridized carbons (Fsp3) is 0.424. The van der Waals surface area contributed by atoms with Gasteiger partial charge in [-0.15, -0.1) is 0 Å². The molecule has 3 rings (SSSR count). The summed E-state index contributed by atoms with van der Waals surface area (Å²) in [4.78, 5) is 90.7. The van der Waals surface area contributed by atoms with Crippen LogP contribution in [0.3, 0.4) is 0 Å². The number of aliphatic carboxylic acids is 1. The highest BCUT2D eigenvalue weighted by Crippen LogP contribution is 2.12. The van der Waals surface area contributed by atoms with Crippen molar-refractivity contribution < 1.29 is 38.7 Å². The van der Waals surface area contributed by atoms with E-state index in [0.29, 0.717) is 11.3 Å². The average Bonchev–Trinajstić information content (AvgIpc) is 3.03. The van der Waals surface area contributed by atoms with E-state index in [4.69, 9.17) is 5.73 Å². The van der Waals surface area contributed by atoms with Gasteiger partial charge in [0.1, 0.15) is 24.2 Å². The van der Waals surface area contributed by atoms with Crippen molar-refractivity contribution in [2.75, 3.05) is 18.8 Å². The molecule has 0 spiro atoms. The van der Waals surface area contributed by atoms with Gasteiger partial charge in [0.2, 0.25) is 29.5 Å². The Morgan fingerprint density at radius 2 is 1.42 bits per heavy atom. The number of carbonyl (C=O) groups is 7. The SMILES string of the molecule is CC(C)C[C@@H]1NC(=O)[C@H](CC(=O)O)NC(=O)CNC(=O)[C@H](Cc2ccccc2)NC(=O)[C@H](CCCNC(=O)c2ccccc2N)NC1=O. The highest BCUT2D eigenvalue weighted by molar-refractivity contribution is 5.99. The lowest BCUT2D eigenvalue weighted by atomic mass is 10.0. The number of hydrogen-bond acceptors (Lipinski definition) is 8. The summed E-state index contributed by atoms with van der Waals surface area (Å²) < 4.78 is 0. The first kappa shape index (κ1) is 37.0. The molecular formula is C33H43N7O8. The van der Waals surface area contributed by atoms with Gasteiger partial charge in [-0.05, 0) is 42.9 Å². The van der Waals surface area contributed by atoms with Crippen LogP contribution in [-0.4, -0.2) is 83.8 Å². The molecule has 15 nitrogen and oxygen atoms in total. The van der Waals surface area contributed by atoms with Gasteiger partial charge in [0.25, 0.3) is 5.91 Å². The summed E-state index contributed by atoms with van der Waals surface area (Å²) in [5.74, 6) is -5.80. The molecule has 0 radical (unpaired) electrons. The van der Waals surface area contributed by atoms with E-state index in [2.05, 4.69) is 31.9 Å². The van der Waals surface area contributed by atoms with Crippen molar-refractivity contribution in [3.8, 4) is 0 Å². The van der Waals surface area contributed by atoms with Gasteiger partial charge in [0.15, 0.2) is 0 Å². The Morgan fingerprint density at radius 3 is 2.08 bits per heavy atom. The molecule has 1 saturated heterocycles. The van der Waals surface area contributed by atoms with Gasteiger partial charge in [-0.3, -0.25) is 33.6 Å². The van der Waals surface area contributed by atoms with Gasteiger partial charge >= 0.3 is 5.97 Å². The molecule has 0 bridgehead atoms. The lowest BCUT2D eigenvalue weighted by molar-refractivity contribution is -0.141. The molecule has 2 aromatic rings. The summed E-state index contributed by atoms with van der Waals surface area (Å²) in [6.07, 6.45) is -0.336. The van der Waals surface area contributed by atoms with Crippen LogP contribution in [0.1, 0.15) is 55.5 Å². The zero-order valence-electron chi connectivity index (χ0n) is 26.9. The highest BCUT2D eigenvalue weighted by atomic mass is 16.4. The molecule has 4 atom stereocenters. The van der Waals surface area contributed by atoms with Crippen LogP contribution in [0.2, 0.25) is 0 Å². The zero-order chi connectivity index (χ0) is 35.2. The van der Waals surface area contributed by atoms with Crippen molar-refractivity contribution >= 4 is 47.1 Å². The summed E-state index contributed by atoms with van der Waals surface area (Å²) >= 11 is 0. The first-order valence-corrected chi connectivity index (χ1v) is 15.7. The van der Waals surface area contributed by atoms with Gasteiger partial charge in [-0.2, -0.15) is 0 Å². The quantitative estimate of drug-likeness (QED) is 0.115. The van der Waals surface area contributed by atoms with Crippen LogP contribution in [-0.2, 0) is 35.2 Å². The molecule has 1 fully saturated rings. The summed E-state index contributed by atoms with van der Waals surface area (Å²) in [7, 11) is 0. The Kier molecular flexibility index (Phi) is 13.9. The second-order valence-corrected chi connectivity index (χ2v) is 11.9. The minimum Gasteiger partial charge on any atom is -0.481 e. The normalized spacial score (nSPS) is 21.0. The highest BCUT2D eigenvalue weighted by Gasteiger charge is 2.33. The lowest BCUT2D eigenvalue weighted by Gasteiger charge is -2.26. The van der Waals surface area contributed by atoms with Crippen LogP contribution in [0.4, 0.5) is 5.69 Å². The van der Waals surface area contributed by atoms with E-state index < -0.39 is 78.5 Å². The minimum atomic E-state index is -1.54. The summed E-state index contributed by atoms with van der Waals surface area (Å²) in [6.45, 7) is 3.13. The molecule has 1 aliphatic rings. The smallest absolute Gasteiger partial charge is 0.305 e. The number of hydrogen-bond donors (Lipinski definition) is 8. The first-order valence-electron chi connectivity index (χ1n) is 15.7. The lowest BCUT2D eigenvalue weighted by Crippen LogP contribution is -2.58. The van der Waals surface area contributed by atoms with Crippen molar-refractivity contribution in [2.45, 2.75) is 70.1 Å². The molecule has 15 heteroatoms. The monoisotopic (exact) mass is 665 g/mol. The zero-order valence-corrected chi connectivity index (χ0v) is 26.9. The molecule has 9 N–H and O–H groups in total. The van der Waals surface area contributed by atoms with Crippen LogP contribution in [0.25, 0.3) is 0 Å². The molecule has 6 amide bonds. The Morgan fingerprint density at radius 1 is 0.812 bits per heavy atom. The van der Waals surface area contributed by atoms with Crippen molar-refractivity contribution in [3.63, 3.8) is 0 Å². The van der Waals surface area contributed by atoms with Crippen molar-refractivity contribution in [2.24, 2.45) is 5.92 Å². The molecule has 1 heterocycles. The third-order valence-electron chi connectivity index (χ3n) is 7.50. The number of rotatable bonds is 11. The van der Waals surface area contributed by atoms with Crippen LogP contribution < -0.4 is 37.6 Å². The Hall–Kier alpha value is -5.47. The Balaban J connectivity index is 1.89. The number of amides is 6. The summed E-state index contributed by atoms with van der Waals surface area (Å²) in [5, 5.41) is 24.7. The fourth-order valence-electron chi connectivity index (χ4n) is 5.07. The number of carbonyl (C=O) groups excluding carboxylic acids is 6. The molecule has 0 aliphatic carbocycles. The maximum atomic E-state index is 13.7. The van der Waals surface area contributed by atoms with Gasteiger partial charge in [-0.25, -0.2) is 0 Å². The maximum Gasteiger partial charge on any atom is 0.305 e. The van der Waals surface area contributed by atoms with E-state index >= 15 is 0 Å². The average molecular weight is 666 g/mol. The Bertz CT molecular complexity index is 1480. The second kappa shape index (κ2) is 18.0. The van der Waals surface area contributed by atoms with Gasteiger partial charge in [-0.1, -0.05) is 56.3 Å². The number of carboxylic acid groups (broad SMARTS) is 1. The fourth-order valence-corrected chi connectivity index (χ4v) is 5.07. The van der Waals surface area contributed by atoms with Gasteiger partial charge < -0.3 is 42.7 Å². The number of para-hydroxylation sites is 1. The van der Waals surface area contributed by atoms with E-state index in [9.17, 15) is 38.7 Å². The molecule has 0 aromatic heterocycles. The number of carboxylic acids is 1. The maximum absolute atomic E-state index is 13.7.